The van der Waals surface area contributed by atoms with E-state index in [1.54, 1.807) is 24.4 Å². The predicted octanol–water partition coefficient (Wildman–Crippen LogP) is 1.53. The van der Waals surface area contributed by atoms with E-state index in [2.05, 4.69) is 15.3 Å². The lowest BCUT2D eigenvalue weighted by molar-refractivity contribution is 0.0538. The van der Waals surface area contributed by atoms with Crippen molar-refractivity contribution >= 4 is 16.8 Å². The molecule has 0 atom stereocenters. The molecule has 15 heavy (non-hydrogen) atoms. The number of rotatable bonds is 2. The number of carbonyl (C=O) groups is 1. The zero-order chi connectivity index (χ0) is 10.7. The molecule has 0 aliphatic carbocycles. The minimum Gasteiger partial charge on any atom is -0.277 e. The molecular weight excluding hydrogens is 192 g/mol. The molecule has 4 nitrogen and oxygen atoms in total. The van der Waals surface area contributed by atoms with Gasteiger partial charge in [-0.25, -0.2) is 5.48 Å². The molecule has 4 heteroatoms. The van der Waals surface area contributed by atoms with Gasteiger partial charge in [-0.1, -0.05) is 6.07 Å². The number of hydrogen-bond donors (Lipinski definition) is 1. The number of benzene rings is 1. The van der Waals surface area contributed by atoms with Crippen molar-refractivity contribution in [2.24, 2.45) is 0 Å². The van der Waals surface area contributed by atoms with Gasteiger partial charge in [-0.2, -0.15) is 0 Å². The number of fused-ring (bicyclic) bond motifs is 1. The van der Waals surface area contributed by atoms with Crippen LogP contribution in [-0.4, -0.2) is 18.0 Å². The normalized spacial score (nSPS) is 10.2. The van der Waals surface area contributed by atoms with Crippen LogP contribution in [-0.2, 0) is 4.84 Å². The Bertz CT molecular complexity index is 497. The van der Waals surface area contributed by atoms with Gasteiger partial charge in [0.05, 0.1) is 12.6 Å². The zero-order valence-electron chi connectivity index (χ0n) is 8.23. The summed E-state index contributed by atoms with van der Waals surface area (Å²) in [6.07, 6.45) is 1.72. The van der Waals surface area contributed by atoms with E-state index >= 15 is 0 Å². The molecule has 1 amide bonds. The number of hydroxylamine groups is 1. The molecule has 1 N–H and O–H groups in total. The quantitative estimate of drug-likeness (QED) is 0.751. The molecule has 1 aromatic carbocycles. The lowest BCUT2D eigenvalue weighted by Gasteiger charge is -2.02. The summed E-state index contributed by atoms with van der Waals surface area (Å²) >= 11 is 0. The smallest absolute Gasteiger partial charge is 0.274 e. The minimum absolute atomic E-state index is 0.261. The second-order valence-electron chi connectivity index (χ2n) is 3.05. The SMILES string of the molecule is CONC(=O)c1ccc2ncccc2c1. The summed E-state index contributed by atoms with van der Waals surface area (Å²) in [6.45, 7) is 0. The summed E-state index contributed by atoms with van der Waals surface area (Å²) < 4.78 is 0. The number of aromatic nitrogens is 1. The van der Waals surface area contributed by atoms with E-state index in [0.717, 1.165) is 10.9 Å². The first-order valence-electron chi connectivity index (χ1n) is 4.49. The molecule has 0 saturated carbocycles. The molecule has 0 aliphatic heterocycles. The highest BCUT2D eigenvalue weighted by Gasteiger charge is 2.05. The molecule has 0 unspecified atom stereocenters. The lowest BCUT2D eigenvalue weighted by Crippen LogP contribution is -2.21. The Morgan fingerprint density at radius 1 is 1.40 bits per heavy atom. The standard InChI is InChI=1S/C11H10N2O2/c1-15-13-11(14)9-4-5-10-8(7-9)3-2-6-12-10/h2-7H,1H3,(H,13,14). The van der Waals surface area contributed by atoms with E-state index in [-0.39, 0.29) is 5.91 Å². The van der Waals surface area contributed by atoms with E-state index < -0.39 is 0 Å². The van der Waals surface area contributed by atoms with Crippen LogP contribution in [0, 0.1) is 0 Å². The third kappa shape index (κ3) is 1.94. The second-order valence-corrected chi connectivity index (χ2v) is 3.05. The molecule has 0 bridgehead atoms. The van der Waals surface area contributed by atoms with Crippen LogP contribution in [0.25, 0.3) is 10.9 Å². The number of amides is 1. The number of hydrogen-bond acceptors (Lipinski definition) is 3. The minimum atomic E-state index is -0.261. The Morgan fingerprint density at radius 3 is 3.07 bits per heavy atom. The Hall–Kier alpha value is -1.94. The summed E-state index contributed by atoms with van der Waals surface area (Å²) in [7, 11) is 1.40. The lowest BCUT2D eigenvalue weighted by atomic mass is 10.1. The van der Waals surface area contributed by atoms with Crippen LogP contribution in [0.2, 0.25) is 0 Å². The fourth-order valence-corrected chi connectivity index (χ4v) is 1.37. The third-order valence-corrected chi connectivity index (χ3v) is 2.06. The van der Waals surface area contributed by atoms with Crippen molar-refractivity contribution in [2.75, 3.05) is 7.11 Å². The number of nitrogens with zero attached hydrogens (tertiary/aromatic N) is 1. The molecule has 0 saturated heterocycles. The fraction of sp³-hybridized carbons (Fsp3) is 0.0909. The van der Waals surface area contributed by atoms with E-state index in [4.69, 9.17) is 0 Å². The highest BCUT2D eigenvalue weighted by Crippen LogP contribution is 2.12. The van der Waals surface area contributed by atoms with Gasteiger partial charge in [0.25, 0.3) is 5.91 Å². The van der Waals surface area contributed by atoms with Gasteiger partial charge in [-0.3, -0.25) is 14.6 Å². The van der Waals surface area contributed by atoms with Crippen molar-refractivity contribution < 1.29 is 9.63 Å². The molecule has 0 radical (unpaired) electrons. The van der Waals surface area contributed by atoms with Crippen molar-refractivity contribution in [1.29, 1.82) is 0 Å². The Kier molecular flexibility index (Phi) is 2.60. The van der Waals surface area contributed by atoms with Gasteiger partial charge in [-0.15, -0.1) is 0 Å². The van der Waals surface area contributed by atoms with Crippen molar-refractivity contribution in [3.63, 3.8) is 0 Å². The molecule has 0 aliphatic rings. The van der Waals surface area contributed by atoms with Crippen LogP contribution in [0.5, 0.6) is 0 Å². The summed E-state index contributed by atoms with van der Waals surface area (Å²) in [5.74, 6) is -0.261. The topological polar surface area (TPSA) is 51.2 Å². The maximum atomic E-state index is 11.4. The molecular formula is C11H10N2O2. The molecule has 1 heterocycles. The first-order valence-corrected chi connectivity index (χ1v) is 4.49. The van der Waals surface area contributed by atoms with E-state index in [9.17, 15) is 4.79 Å². The molecule has 0 fully saturated rings. The van der Waals surface area contributed by atoms with Crippen LogP contribution in [0.15, 0.2) is 36.5 Å². The first-order chi connectivity index (χ1) is 7.31. The van der Waals surface area contributed by atoms with Crippen LogP contribution < -0.4 is 5.48 Å². The molecule has 2 rings (SSSR count). The molecule has 76 valence electrons. The van der Waals surface area contributed by atoms with E-state index in [1.807, 2.05) is 12.1 Å². The summed E-state index contributed by atoms with van der Waals surface area (Å²) in [5, 5.41) is 0.932. The Balaban J connectivity index is 2.42. The molecule has 0 spiro atoms. The predicted molar refractivity (Wildman–Crippen MR) is 56.2 cm³/mol. The van der Waals surface area contributed by atoms with Crippen molar-refractivity contribution in [3.8, 4) is 0 Å². The van der Waals surface area contributed by atoms with Gasteiger partial charge in [0, 0.05) is 17.1 Å². The van der Waals surface area contributed by atoms with Crippen molar-refractivity contribution in [1.82, 2.24) is 10.5 Å². The number of pyridine rings is 1. The average Bonchev–Trinajstić information content (AvgIpc) is 2.29. The highest BCUT2D eigenvalue weighted by molar-refractivity contribution is 5.97. The Morgan fingerprint density at radius 2 is 2.27 bits per heavy atom. The maximum absolute atomic E-state index is 11.4. The van der Waals surface area contributed by atoms with E-state index in [0.29, 0.717) is 5.56 Å². The monoisotopic (exact) mass is 202 g/mol. The van der Waals surface area contributed by atoms with E-state index in [1.165, 1.54) is 7.11 Å². The van der Waals surface area contributed by atoms with Crippen LogP contribution in [0.1, 0.15) is 10.4 Å². The van der Waals surface area contributed by atoms with Gasteiger partial charge in [0.1, 0.15) is 0 Å². The summed E-state index contributed by atoms with van der Waals surface area (Å²) in [4.78, 5) is 20.2. The number of carbonyl (C=O) groups excluding carboxylic acids is 1. The second kappa shape index (κ2) is 4.06. The first kappa shape index (κ1) is 9.61. The molecule has 2 aromatic rings. The van der Waals surface area contributed by atoms with Gasteiger partial charge < -0.3 is 0 Å². The number of nitrogens with one attached hydrogen (secondary N) is 1. The third-order valence-electron chi connectivity index (χ3n) is 2.06. The molecule has 1 aromatic heterocycles. The van der Waals surface area contributed by atoms with Crippen LogP contribution >= 0.6 is 0 Å². The highest BCUT2D eigenvalue weighted by atomic mass is 16.6. The largest absolute Gasteiger partial charge is 0.277 e. The van der Waals surface area contributed by atoms with Crippen molar-refractivity contribution in [3.05, 3.63) is 42.1 Å². The van der Waals surface area contributed by atoms with Crippen LogP contribution in [0.4, 0.5) is 0 Å². The van der Waals surface area contributed by atoms with Crippen molar-refractivity contribution in [2.45, 2.75) is 0 Å². The van der Waals surface area contributed by atoms with Gasteiger partial charge in [0.2, 0.25) is 0 Å². The van der Waals surface area contributed by atoms with Gasteiger partial charge in [0.15, 0.2) is 0 Å². The van der Waals surface area contributed by atoms with Crippen LogP contribution in [0.3, 0.4) is 0 Å². The fourth-order valence-electron chi connectivity index (χ4n) is 1.37. The van der Waals surface area contributed by atoms with Gasteiger partial charge in [-0.05, 0) is 24.3 Å². The maximum Gasteiger partial charge on any atom is 0.274 e. The average molecular weight is 202 g/mol. The summed E-state index contributed by atoms with van der Waals surface area (Å²) in [6, 6.07) is 9.03. The van der Waals surface area contributed by atoms with Gasteiger partial charge >= 0.3 is 0 Å². The summed E-state index contributed by atoms with van der Waals surface area (Å²) in [5.41, 5.74) is 3.69. The Labute approximate surface area is 86.8 Å². The zero-order valence-corrected chi connectivity index (χ0v) is 8.23.